The third-order valence-electron chi connectivity index (χ3n) is 3.43. The van der Waals surface area contributed by atoms with Gasteiger partial charge < -0.3 is 5.32 Å². The summed E-state index contributed by atoms with van der Waals surface area (Å²) in [6.45, 7) is 5.95. The number of rotatable bonds is 0. The molecule has 1 heterocycles. The van der Waals surface area contributed by atoms with Crippen molar-refractivity contribution in [1.29, 1.82) is 0 Å². The molecule has 0 aromatic heterocycles. The van der Waals surface area contributed by atoms with Gasteiger partial charge in [-0.05, 0) is 30.8 Å². The predicted octanol–water partition coefficient (Wildman–Crippen LogP) is 2.86. The van der Waals surface area contributed by atoms with Gasteiger partial charge in [0, 0.05) is 18.2 Å². The Balaban J connectivity index is 2.26. The number of hydrogen-bond donors (Lipinski definition) is 1. The Morgan fingerprint density at radius 1 is 1.46 bits per heavy atom. The SMILES string of the molecule is CC1(C)CCCNC2=CC=CCC21. The van der Waals surface area contributed by atoms with Crippen molar-refractivity contribution in [3.63, 3.8) is 0 Å². The Morgan fingerprint density at radius 2 is 2.31 bits per heavy atom. The molecular weight excluding hydrogens is 158 g/mol. The van der Waals surface area contributed by atoms with Crippen LogP contribution in [-0.4, -0.2) is 6.54 Å². The van der Waals surface area contributed by atoms with E-state index in [0.717, 1.165) is 12.5 Å². The van der Waals surface area contributed by atoms with Gasteiger partial charge in [-0.25, -0.2) is 0 Å². The van der Waals surface area contributed by atoms with Gasteiger partial charge in [0.1, 0.15) is 0 Å². The second-order valence-corrected chi connectivity index (χ2v) is 4.86. The topological polar surface area (TPSA) is 12.0 Å². The predicted molar refractivity (Wildman–Crippen MR) is 56.3 cm³/mol. The molecule has 1 N–H and O–H groups in total. The molecule has 1 nitrogen and oxygen atoms in total. The maximum atomic E-state index is 3.55. The third kappa shape index (κ3) is 1.65. The van der Waals surface area contributed by atoms with Crippen molar-refractivity contribution in [2.75, 3.05) is 6.54 Å². The highest BCUT2D eigenvalue weighted by Crippen LogP contribution is 2.41. The lowest BCUT2D eigenvalue weighted by molar-refractivity contribution is 0.232. The van der Waals surface area contributed by atoms with Crippen molar-refractivity contribution >= 4 is 0 Å². The van der Waals surface area contributed by atoms with Gasteiger partial charge in [0.05, 0.1) is 0 Å². The van der Waals surface area contributed by atoms with Crippen molar-refractivity contribution < 1.29 is 0 Å². The zero-order chi connectivity index (χ0) is 9.31. The van der Waals surface area contributed by atoms with Crippen LogP contribution in [0.5, 0.6) is 0 Å². The molecule has 1 atom stereocenters. The van der Waals surface area contributed by atoms with Gasteiger partial charge in [0.15, 0.2) is 0 Å². The molecule has 0 aromatic carbocycles. The van der Waals surface area contributed by atoms with Crippen LogP contribution in [-0.2, 0) is 0 Å². The van der Waals surface area contributed by atoms with Crippen molar-refractivity contribution in [3.8, 4) is 0 Å². The molecule has 1 aliphatic heterocycles. The van der Waals surface area contributed by atoms with E-state index in [2.05, 4.69) is 37.4 Å². The molecule has 0 radical (unpaired) electrons. The molecular formula is C12H19N. The van der Waals surface area contributed by atoms with E-state index in [9.17, 15) is 0 Å². The Morgan fingerprint density at radius 3 is 3.15 bits per heavy atom. The first-order valence-electron chi connectivity index (χ1n) is 5.31. The zero-order valence-corrected chi connectivity index (χ0v) is 8.64. The van der Waals surface area contributed by atoms with E-state index >= 15 is 0 Å². The summed E-state index contributed by atoms with van der Waals surface area (Å²) in [6.07, 6.45) is 10.6. The first-order chi connectivity index (χ1) is 6.20. The second-order valence-electron chi connectivity index (χ2n) is 4.86. The summed E-state index contributed by atoms with van der Waals surface area (Å²) in [7, 11) is 0. The van der Waals surface area contributed by atoms with Crippen LogP contribution in [0.25, 0.3) is 0 Å². The second kappa shape index (κ2) is 3.21. The van der Waals surface area contributed by atoms with Crippen molar-refractivity contribution in [2.45, 2.75) is 33.1 Å². The Kier molecular flexibility index (Phi) is 2.19. The molecule has 0 spiro atoms. The average Bonchev–Trinajstić information content (AvgIpc) is 2.26. The van der Waals surface area contributed by atoms with Crippen LogP contribution in [0.4, 0.5) is 0 Å². The highest BCUT2D eigenvalue weighted by Gasteiger charge is 2.33. The molecule has 2 rings (SSSR count). The lowest BCUT2D eigenvalue weighted by Gasteiger charge is -2.34. The fraction of sp³-hybridized carbons (Fsp3) is 0.667. The number of nitrogens with one attached hydrogen (secondary N) is 1. The first-order valence-corrected chi connectivity index (χ1v) is 5.31. The molecule has 72 valence electrons. The standard InChI is InChI=1S/C12H19N/c1-12(2)8-5-9-13-11-7-4-3-6-10(11)12/h3-4,7,10,13H,5-6,8-9H2,1-2H3. The number of hydrogen-bond acceptors (Lipinski definition) is 1. The van der Waals surface area contributed by atoms with Gasteiger partial charge in [0.2, 0.25) is 0 Å². The zero-order valence-electron chi connectivity index (χ0n) is 8.64. The highest BCUT2D eigenvalue weighted by atomic mass is 14.9. The summed E-state index contributed by atoms with van der Waals surface area (Å²) in [5.74, 6) is 0.722. The molecule has 1 unspecified atom stereocenters. The van der Waals surface area contributed by atoms with Gasteiger partial charge in [-0.2, -0.15) is 0 Å². The van der Waals surface area contributed by atoms with Crippen LogP contribution in [0, 0.1) is 11.3 Å². The lowest BCUT2D eigenvalue weighted by atomic mass is 9.72. The lowest BCUT2D eigenvalue weighted by Crippen LogP contribution is -2.28. The maximum Gasteiger partial charge on any atom is 0.0146 e. The summed E-state index contributed by atoms with van der Waals surface area (Å²) >= 11 is 0. The summed E-state index contributed by atoms with van der Waals surface area (Å²) in [6, 6.07) is 0. The molecule has 0 aromatic rings. The van der Waals surface area contributed by atoms with Crippen molar-refractivity contribution in [1.82, 2.24) is 5.32 Å². The van der Waals surface area contributed by atoms with E-state index in [1.807, 2.05) is 0 Å². The molecule has 0 bridgehead atoms. The Hall–Kier alpha value is -0.720. The van der Waals surface area contributed by atoms with E-state index in [-0.39, 0.29) is 0 Å². The molecule has 1 heteroatoms. The van der Waals surface area contributed by atoms with Crippen molar-refractivity contribution in [2.24, 2.45) is 11.3 Å². The van der Waals surface area contributed by atoms with Crippen LogP contribution in [0.1, 0.15) is 33.1 Å². The molecule has 2 aliphatic rings. The van der Waals surface area contributed by atoms with Gasteiger partial charge >= 0.3 is 0 Å². The first kappa shape index (κ1) is 8.86. The molecule has 1 aliphatic carbocycles. The fourth-order valence-corrected chi connectivity index (χ4v) is 2.50. The summed E-state index contributed by atoms with van der Waals surface area (Å²) in [4.78, 5) is 0. The minimum atomic E-state index is 0.472. The molecule has 0 saturated carbocycles. The van der Waals surface area contributed by atoms with Gasteiger partial charge in [-0.15, -0.1) is 0 Å². The summed E-state index contributed by atoms with van der Waals surface area (Å²) in [5, 5.41) is 3.55. The monoisotopic (exact) mass is 177 g/mol. The molecule has 1 fully saturated rings. The van der Waals surface area contributed by atoms with Crippen LogP contribution in [0.2, 0.25) is 0 Å². The van der Waals surface area contributed by atoms with Crippen molar-refractivity contribution in [3.05, 3.63) is 23.9 Å². The van der Waals surface area contributed by atoms with Crippen LogP contribution >= 0.6 is 0 Å². The van der Waals surface area contributed by atoms with E-state index in [4.69, 9.17) is 0 Å². The van der Waals surface area contributed by atoms with Gasteiger partial charge in [-0.1, -0.05) is 26.0 Å². The van der Waals surface area contributed by atoms with Crippen LogP contribution in [0.15, 0.2) is 23.9 Å². The Labute approximate surface area is 80.9 Å². The van der Waals surface area contributed by atoms with Crippen LogP contribution < -0.4 is 5.32 Å². The fourth-order valence-electron chi connectivity index (χ4n) is 2.50. The normalized spacial score (nSPS) is 31.2. The summed E-state index contributed by atoms with van der Waals surface area (Å²) < 4.78 is 0. The smallest absolute Gasteiger partial charge is 0.0146 e. The molecule has 1 saturated heterocycles. The minimum Gasteiger partial charge on any atom is -0.388 e. The van der Waals surface area contributed by atoms with E-state index < -0.39 is 0 Å². The maximum absolute atomic E-state index is 3.55. The van der Waals surface area contributed by atoms with E-state index in [1.165, 1.54) is 25.0 Å². The van der Waals surface area contributed by atoms with E-state index in [1.54, 1.807) is 0 Å². The largest absolute Gasteiger partial charge is 0.388 e. The quantitative estimate of drug-likeness (QED) is 0.600. The molecule has 0 amide bonds. The third-order valence-corrected chi connectivity index (χ3v) is 3.43. The minimum absolute atomic E-state index is 0.472. The average molecular weight is 177 g/mol. The number of allylic oxidation sites excluding steroid dienone is 4. The van der Waals surface area contributed by atoms with Crippen LogP contribution in [0.3, 0.4) is 0 Å². The molecule has 13 heavy (non-hydrogen) atoms. The Bertz CT molecular complexity index is 248. The number of fused-ring (bicyclic) bond motifs is 1. The van der Waals surface area contributed by atoms with Gasteiger partial charge in [0.25, 0.3) is 0 Å². The van der Waals surface area contributed by atoms with Gasteiger partial charge in [-0.3, -0.25) is 0 Å². The summed E-state index contributed by atoms with van der Waals surface area (Å²) in [5.41, 5.74) is 1.94. The highest BCUT2D eigenvalue weighted by molar-refractivity contribution is 5.22. The van der Waals surface area contributed by atoms with E-state index in [0.29, 0.717) is 5.41 Å².